The highest BCUT2D eigenvalue weighted by molar-refractivity contribution is 5.58. The fourth-order valence-electron chi connectivity index (χ4n) is 5.01. The molecule has 2 fully saturated rings. The molecule has 5 heterocycles. The monoisotopic (exact) mass is 452 g/mol. The van der Waals surface area contributed by atoms with Crippen molar-refractivity contribution in [3.63, 3.8) is 0 Å². The van der Waals surface area contributed by atoms with Gasteiger partial charge in [-0.05, 0) is 51.2 Å². The van der Waals surface area contributed by atoms with E-state index in [2.05, 4.69) is 46.4 Å². The van der Waals surface area contributed by atoms with Gasteiger partial charge >= 0.3 is 0 Å². The second kappa shape index (κ2) is 10.1. The van der Waals surface area contributed by atoms with Crippen LogP contribution in [0.25, 0.3) is 5.76 Å². The largest absolute Gasteiger partial charge is 0.491 e. The van der Waals surface area contributed by atoms with E-state index in [0.29, 0.717) is 12.0 Å². The molecular formula is C25H36N6O2. The first-order valence-electron chi connectivity index (χ1n) is 12.6. The van der Waals surface area contributed by atoms with Gasteiger partial charge in [0.25, 0.3) is 0 Å². The number of aryl methyl sites for hydroxylation is 1. The fraction of sp³-hybridized carbons (Fsp3) is 0.640. The summed E-state index contributed by atoms with van der Waals surface area (Å²) in [7, 11) is 0. The summed E-state index contributed by atoms with van der Waals surface area (Å²) < 4.78 is 11.2. The zero-order chi connectivity index (χ0) is 22.6. The highest BCUT2D eigenvalue weighted by Gasteiger charge is 2.26. The molecule has 8 heteroatoms. The molecule has 3 aliphatic rings. The lowest BCUT2D eigenvalue weighted by Crippen LogP contribution is -2.35. The quantitative estimate of drug-likeness (QED) is 0.651. The molecule has 0 atom stereocenters. The molecule has 3 aliphatic heterocycles. The van der Waals surface area contributed by atoms with Gasteiger partial charge in [-0.2, -0.15) is 10.1 Å². The van der Waals surface area contributed by atoms with E-state index in [0.717, 1.165) is 101 Å². The maximum Gasteiger partial charge on any atom is 0.227 e. The van der Waals surface area contributed by atoms with Crippen LogP contribution >= 0.6 is 0 Å². The van der Waals surface area contributed by atoms with Gasteiger partial charge < -0.3 is 19.7 Å². The molecular weight excluding hydrogens is 416 g/mol. The SMILES string of the molecule is CCCc1nc(N2CCC(c3cc(C4=CCCO4)n[nH]3)CC2)nc(NC2CCOCC2)c1C. The van der Waals surface area contributed by atoms with Crippen molar-refractivity contribution < 1.29 is 9.47 Å². The van der Waals surface area contributed by atoms with E-state index >= 15 is 0 Å². The van der Waals surface area contributed by atoms with E-state index in [9.17, 15) is 0 Å². The van der Waals surface area contributed by atoms with Crippen molar-refractivity contribution >= 4 is 17.5 Å². The molecule has 2 saturated heterocycles. The third kappa shape index (κ3) is 5.00. The summed E-state index contributed by atoms with van der Waals surface area (Å²) >= 11 is 0. The molecule has 5 rings (SSSR count). The van der Waals surface area contributed by atoms with Crippen molar-refractivity contribution in [2.75, 3.05) is 43.1 Å². The summed E-state index contributed by atoms with van der Waals surface area (Å²) in [6.07, 6.45) is 9.33. The Hall–Kier alpha value is -2.61. The first-order valence-corrected chi connectivity index (χ1v) is 12.6. The molecule has 178 valence electrons. The second-order valence-electron chi connectivity index (χ2n) is 9.40. The van der Waals surface area contributed by atoms with Gasteiger partial charge in [0.15, 0.2) is 0 Å². The third-order valence-electron chi connectivity index (χ3n) is 7.06. The molecule has 2 aromatic rings. The van der Waals surface area contributed by atoms with Gasteiger partial charge in [-0.25, -0.2) is 4.98 Å². The molecule has 8 nitrogen and oxygen atoms in total. The zero-order valence-electron chi connectivity index (χ0n) is 19.9. The number of hydrogen-bond donors (Lipinski definition) is 2. The zero-order valence-corrected chi connectivity index (χ0v) is 19.9. The molecule has 0 unspecified atom stereocenters. The van der Waals surface area contributed by atoms with Crippen molar-refractivity contribution in [1.29, 1.82) is 0 Å². The molecule has 0 aromatic carbocycles. The first kappa shape index (κ1) is 22.2. The average molecular weight is 453 g/mol. The minimum atomic E-state index is 0.425. The number of anilines is 2. The van der Waals surface area contributed by atoms with Crippen LogP contribution in [0.15, 0.2) is 12.1 Å². The molecule has 2 N–H and O–H groups in total. The van der Waals surface area contributed by atoms with Crippen LogP contribution in [0.5, 0.6) is 0 Å². The van der Waals surface area contributed by atoms with E-state index in [1.165, 1.54) is 17.0 Å². The van der Waals surface area contributed by atoms with Crippen molar-refractivity contribution in [3.05, 3.63) is 34.8 Å². The summed E-state index contributed by atoms with van der Waals surface area (Å²) in [5.41, 5.74) is 4.50. The average Bonchev–Trinajstić information content (AvgIpc) is 3.55. The lowest BCUT2D eigenvalue weighted by molar-refractivity contribution is 0.0903. The Labute approximate surface area is 196 Å². The van der Waals surface area contributed by atoms with E-state index < -0.39 is 0 Å². The number of piperidine rings is 1. The smallest absolute Gasteiger partial charge is 0.227 e. The Morgan fingerprint density at radius 3 is 2.67 bits per heavy atom. The highest BCUT2D eigenvalue weighted by Crippen LogP contribution is 2.32. The topological polar surface area (TPSA) is 88.2 Å². The van der Waals surface area contributed by atoms with Gasteiger partial charge in [0, 0.05) is 55.9 Å². The lowest BCUT2D eigenvalue weighted by atomic mass is 9.93. The predicted molar refractivity (Wildman–Crippen MR) is 130 cm³/mol. The number of aromatic amines is 1. The molecule has 0 spiro atoms. The van der Waals surface area contributed by atoms with Crippen LogP contribution in [0.1, 0.15) is 74.0 Å². The molecule has 0 amide bonds. The van der Waals surface area contributed by atoms with Gasteiger partial charge in [-0.3, -0.25) is 5.10 Å². The van der Waals surface area contributed by atoms with Crippen LogP contribution in [0.4, 0.5) is 11.8 Å². The predicted octanol–water partition coefficient (Wildman–Crippen LogP) is 4.20. The van der Waals surface area contributed by atoms with Gasteiger partial charge in [-0.15, -0.1) is 0 Å². The van der Waals surface area contributed by atoms with E-state index in [1.54, 1.807) is 0 Å². The van der Waals surface area contributed by atoms with Crippen LogP contribution < -0.4 is 10.2 Å². The van der Waals surface area contributed by atoms with Gasteiger partial charge in [0.1, 0.15) is 17.3 Å². The number of nitrogens with zero attached hydrogens (tertiary/aromatic N) is 4. The number of hydrogen-bond acceptors (Lipinski definition) is 7. The molecule has 0 radical (unpaired) electrons. The molecule has 0 saturated carbocycles. The van der Waals surface area contributed by atoms with E-state index in [1.807, 2.05) is 0 Å². The number of ether oxygens (including phenoxy) is 2. The first-order chi connectivity index (χ1) is 16.2. The number of nitrogens with one attached hydrogen (secondary N) is 2. The van der Waals surface area contributed by atoms with Gasteiger partial charge in [0.05, 0.1) is 12.3 Å². The molecule has 2 aromatic heterocycles. The van der Waals surface area contributed by atoms with Gasteiger partial charge in [0.2, 0.25) is 5.95 Å². The van der Waals surface area contributed by atoms with Crippen LogP contribution in [-0.2, 0) is 15.9 Å². The Balaban J connectivity index is 1.28. The summed E-state index contributed by atoms with van der Waals surface area (Å²) in [5, 5.41) is 11.4. The second-order valence-corrected chi connectivity index (χ2v) is 9.40. The summed E-state index contributed by atoms with van der Waals surface area (Å²) in [4.78, 5) is 12.4. The number of H-pyrrole nitrogens is 1. The maximum absolute atomic E-state index is 5.66. The van der Waals surface area contributed by atoms with E-state index in [4.69, 9.17) is 19.4 Å². The Kier molecular flexibility index (Phi) is 6.80. The Bertz CT molecular complexity index is 973. The van der Waals surface area contributed by atoms with Crippen molar-refractivity contribution in [1.82, 2.24) is 20.2 Å². The van der Waals surface area contributed by atoms with Crippen LogP contribution in [0, 0.1) is 6.92 Å². The Morgan fingerprint density at radius 2 is 1.94 bits per heavy atom. The normalized spacial score (nSPS) is 20.1. The fourth-order valence-corrected chi connectivity index (χ4v) is 5.01. The van der Waals surface area contributed by atoms with Crippen LogP contribution in [-0.4, -0.2) is 59.1 Å². The van der Waals surface area contributed by atoms with Crippen molar-refractivity contribution in [2.24, 2.45) is 0 Å². The lowest BCUT2D eigenvalue weighted by Gasteiger charge is -2.32. The summed E-state index contributed by atoms with van der Waals surface area (Å²) in [5.74, 6) is 3.26. The molecule has 0 aliphatic carbocycles. The minimum absolute atomic E-state index is 0.425. The standard InChI is InChI=1S/C25H36N6O2/c1-3-5-20-17(2)24(26-19-9-14-32-15-10-19)28-25(27-20)31-11-7-18(8-12-31)21-16-22(30-29-21)23-6-4-13-33-23/h6,16,18-19H,3-5,7-15H2,1-2H3,(H,29,30)(H,26,27,28). The van der Waals surface area contributed by atoms with Crippen LogP contribution in [0.3, 0.4) is 0 Å². The molecule has 33 heavy (non-hydrogen) atoms. The van der Waals surface area contributed by atoms with Crippen molar-refractivity contribution in [2.45, 2.75) is 70.8 Å². The van der Waals surface area contributed by atoms with Crippen LogP contribution in [0.2, 0.25) is 0 Å². The number of aromatic nitrogens is 4. The Morgan fingerprint density at radius 1 is 1.12 bits per heavy atom. The molecule has 0 bridgehead atoms. The summed E-state index contributed by atoms with van der Waals surface area (Å²) in [6, 6.07) is 2.59. The third-order valence-corrected chi connectivity index (χ3v) is 7.06. The minimum Gasteiger partial charge on any atom is -0.491 e. The maximum atomic E-state index is 5.66. The van der Waals surface area contributed by atoms with Crippen molar-refractivity contribution in [3.8, 4) is 0 Å². The van der Waals surface area contributed by atoms with Gasteiger partial charge in [-0.1, -0.05) is 13.3 Å². The van der Waals surface area contributed by atoms with E-state index in [-0.39, 0.29) is 0 Å². The highest BCUT2D eigenvalue weighted by atomic mass is 16.5. The summed E-state index contributed by atoms with van der Waals surface area (Å²) in [6.45, 7) is 8.67. The number of rotatable bonds is 7.